The van der Waals surface area contributed by atoms with Gasteiger partial charge in [-0.2, -0.15) is 0 Å². The van der Waals surface area contributed by atoms with Gasteiger partial charge in [-0.15, -0.1) is 0 Å². The maximum Gasteiger partial charge on any atom is 0.241 e. The molecular weight excluding hydrogens is 251 g/mol. The van der Waals surface area contributed by atoms with Crippen molar-refractivity contribution in [2.45, 2.75) is 33.2 Å². The molecule has 3 heteroatoms. The molecule has 0 fully saturated rings. The summed E-state index contributed by atoms with van der Waals surface area (Å²) in [5, 5.41) is 3.35. The maximum atomic E-state index is 3.35. The van der Waals surface area contributed by atoms with Crippen molar-refractivity contribution in [3.63, 3.8) is 0 Å². The Hall–Kier alpha value is 0.200. The first-order chi connectivity index (χ1) is 4.75. The van der Waals surface area contributed by atoms with Crippen molar-refractivity contribution in [3.05, 3.63) is 0 Å². The largest absolute Gasteiger partial charge is 1.00 e. The van der Waals surface area contributed by atoms with Gasteiger partial charge in [0.15, 0.2) is 0 Å². The highest BCUT2D eigenvalue weighted by atomic mass is 127. The average molecular weight is 268 g/mol. The van der Waals surface area contributed by atoms with Gasteiger partial charge in [0.05, 0.1) is 6.54 Å². The van der Waals surface area contributed by atoms with Crippen LogP contribution in [0.3, 0.4) is 0 Å². The minimum atomic E-state index is 0. The van der Waals surface area contributed by atoms with Crippen LogP contribution in [0, 0.1) is 0 Å². The summed E-state index contributed by atoms with van der Waals surface area (Å²) in [4.78, 5) is 0. The van der Waals surface area contributed by atoms with E-state index in [2.05, 4.69) is 30.7 Å². The second-order valence-corrected chi connectivity index (χ2v) is 3.01. The molecule has 0 radical (unpaired) electrons. The molecule has 0 aliphatic carbocycles. The number of nitrogens with zero attached hydrogens (tertiary/aromatic N) is 1. The fourth-order valence-corrected chi connectivity index (χ4v) is 1.47. The molecule has 0 bridgehead atoms. The Morgan fingerprint density at radius 3 is 2.64 bits per heavy atom. The van der Waals surface area contributed by atoms with E-state index in [0.29, 0.717) is 6.04 Å². The minimum Gasteiger partial charge on any atom is -1.00 e. The predicted molar refractivity (Wildman–Crippen MR) is 43.6 cm³/mol. The molecule has 1 aliphatic heterocycles. The van der Waals surface area contributed by atoms with E-state index in [1.165, 1.54) is 18.8 Å². The molecule has 1 N–H and O–H groups in total. The van der Waals surface area contributed by atoms with Gasteiger partial charge in [-0.05, 0) is 13.3 Å². The van der Waals surface area contributed by atoms with Crippen LogP contribution in [0.25, 0.3) is 0 Å². The topological polar surface area (TPSA) is 15.0 Å². The van der Waals surface area contributed by atoms with Gasteiger partial charge < -0.3 is 24.0 Å². The summed E-state index contributed by atoms with van der Waals surface area (Å²) in [5.41, 5.74) is 0. The highest BCUT2D eigenvalue weighted by Gasteiger charge is 2.22. The van der Waals surface area contributed by atoms with Crippen LogP contribution in [0.5, 0.6) is 0 Å². The number of rotatable bonds is 2. The first kappa shape index (κ1) is 11.2. The molecule has 1 atom stereocenters. The van der Waals surface area contributed by atoms with Crippen LogP contribution in [-0.2, 0) is 0 Å². The van der Waals surface area contributed by atoms with Crippen molar-refractivity contribution >= 4 is 5.84 Å². The van der Waals surface area contributed by atoms with E-state index in [1.54, 1.807) is 0 Å². The van der Waals surface area contributed by atoms with Crippen LogP contribution in [-0.4, -0.2) is 29.5 Å². The molecule has 1 unspecified atom stereocenters. The summed E-state index contributed by atoms with van der Waals surface area (Å²) in [6, 6.07) is 0.694. The Morgan fingerprint density at radius 1 is 1.64 bits per heavy atom. The van der Waals surface area contributed by atoms with Crippen molar-refractivity contribution in [1.29, 1.82) is 0 Å². The molecule has 11 heavy (non-hydrogen) atoms. The third-order valence-corrected chi connectivity index (χ3v) is 2.08. The highest BCUT2D eigenvalue weighted by molar-refractivity contribution is 5.75. The number of hydrogen-bond acceptors (Lipinski definition) is 1. The van der Waals surface area contributed by atoms with E-state index in [0.717, 1.165) is 6.54 Å². The van der Waals surface area contributed by atoms with E-state index in [1.807, 2.05) is 0 Å². The third kappa shape index (κ3) is 2.61. The van der Waals surface area contributed by atoms with Crippen LogP contribution in [0.15, 0.2) is 0 Å². The summed E-state index contributed by atoms with van der Waals surface area (Å²) in [6.07, 6.45) is 1.24. The lowest BCUT2D eigenvalue weighted by Gasteiger charge is -2.04. The van der Waals surface area contributed by atoms with E-state index >= 15 is 0 Å². The molecule has 1 aliphatic rings. The first-order valence-electron chi connectivity index (χ1n) is 4.09. The van der Waals surface area contributed by atoms with Gasteiger partial charge in [-0.3, -0.25) is 9.89 Å². The van der Waals surface area contributed by atoms with Gasteiger partial charge in [0.25, 0.3) is 0 Å². The second kappa shape index (κ2) is 4.95. The van der Waals surface area contributed by atoms with Gasteiger partial charge in [0.2, 0.25) is 5.84 Å². The molecule has 0 spiro atoms. The monoisotopic (exact) mass is 268 g/mol. The smallest absolute Gasteiger partial charge is 0.241 e. The van der Waals surface area contributed by atoms with Gasteiger partial charge in [-0.25, -0.2) is 0 Å². The zero-order valence-electron chi connectivity index (χ0n) is 7.52. The lowest BCUT2D eigenvalue weighted by Crippen LogP contribution is -3.00. The molecule has 0 aromatic rings. The molecule has 0 aromatic carbocycles. The molecule has 0 aromatic heterocycles. The fourth-order valence-electron chi connectivity index (χ4n) is 1.47. The Labute approximate surface area is 86.1 Å². The molecule has 0 saturated carbocycles. The van der Waals surface area contributed by atoms with E-state index < -0.39 is 0 Å². The third-order valence-electron chi connectivity index (χ3n) is 2.08. The van der Waals surface area contributed by atoms with Crippen molar-refractivity contribution in [3.8, 4) is 0 Å². The van der Waals surface area contributed by atoms with E-state index in [4.69, 9.17) is 0 Å². The van der Waals surface area contributed by atoms with Gasteiger partial charge >= 0.3 is 0 Å². The Balaban J connectivity index is 0.000001000. The Morgan fingerprint density at radius 2 is 2.27 bits per heavy atom. The molecule has 0 amide bonds. The summed E-state index contributed by atoms with van der Waals surface area (Å²) in [5.74, 6) is 1.34. The number of hydrogen-bond donors (Lipinski definition) is 1. The predicted octanol–water partition coefficient (Wildman–Crippen LogP) is -2.18. The lowest BCUT2D eigenvalue weighted by molar-refractivity contribution is -0.552. The number of nitrogens with one attached hydrogen (secondary N) is 1. The first-order valence-corrected chi connectivity index (χ1v) is 4.09. The number of halogens is 1. The van der Waals surface area contributed by atoms with Crippen molar-refractivity contribution < 1.29 is 28.6 Å². The highest BCUT2D eigenvalue weighted by Crippen LogP contribution is 1.98. The van der Waals surface area contributed by atoms with Crippen LogP contribution in [0.4, 0.5) is 0 Å². The fraction of sp³-hybridized carbons (Fsp3) is 0.875. The maximum absolute atomic E-state index is 3.35. The number of amidine groups is 1. The normalized spacial score (nSPS) is 23.0. The quantitative estimate of drug-likeness (QED) is 0.445. The second-order valence-electron chi connectivity index (χ2n) is 3.01. The van der Waals surface area contributed by atoms with Crippen molar-refractivity contribution in [2.24, 2.45) is 0 Å². The Kier molecular flexibility index (Phi) is 5.04. The summed E-state index contributed by atoms with van der Waals surface area (Å²) < 4.78 is 2.43. The van der Waals surface area contributed by atoms with Crippen molar-refractivity contribution in [2.75, 3.05) is 13.1 Å². The molecular formula is C8H17IN2. The van der Waals surface area contributed by atoms with E-state index in [-0.39, 0.29) is 24.0 Å². The minimum absolute atomic E-state index is 0. The standard InChI is InChI=1S/C8H16N2.HI/c1-4-5-10-7(2)6-9-8(10)3;/h7H,4-6H2,1-3H3;1H. The molecule has 1 heterocycles. The Bertz CT molecular complexity index is 154. The molecule has 66 valence electrons. The zero-order valence-corrected chi connectivity index (χ0v) is 9.68. The van der Waals surface area contributed by atoms with Crippen LogP contribution < -0.4 is 29.3 Å². The summed E-state index contributed by atoms with van der Waals surface area (Å²) in [7, 11) is 0. The van der Waals surface area contributed by atoms with Crippen LogP contribution in [0.1, 0.15) is 27.2 Å². The van der Waals surface area contributed by atoms with Gasteiger partial charge in [0, 0.05) is 6.92 Å². The lowest BCUT2D eigenvalue weighted by atomic mass is 10.3. The van der Waals surface area contributed by atoms with Crippen LogP contribution in [0.2, 0.25) is 0 Å². The van der Waals surface area contributed by atoms with Gasteiger partial charge in [-0.1, -0.05) is 6.92 Å². The summed E-state index contributed by atoms with van der Waals surface area (Å²) in [6.45, 7) is 8.95. The SMILES string of the molecule is CCC[N+]1=C(C)NCC1C.[I-]. The van der Waals surface area contributed by atoms with Crippen molar-refractivity contribution in [1.82, 2.24) is 5.32 Å². The van der Waals surface area contributed by atoms with Gasteiger partial charge in [0.1, 0.15) is 12.6 Å². The molecule has 2 nitrogen and oxygen atoms in total. The summed E-state index contributed by atoms with van der Waals surface area (Å²) >= 11 is 0. The molecule has 0 saturated heterocycles. The van der Waals surface area contributed by atoms with E-state index in [9.17, 15) is 0 Å². The molecule has 1 rings (SSSR count). The average Bonchev–Trinajstić information content (AvgIpc) is 2.20. The van der Waals surface area contributed by atoms with Crippen LogP contribution >= 0.6 is 0 Å². The zero-order chi connectivity index (χ0) is 7.56.